The Balaban J connectivity index is 1.57. The lowest BCUT2D eigenvalue weighted by Crippen LogP contribution is -2.26. The van der Waals surface area contributed by atoms with Gasteiger partial charge < -0.3 is 19.7 Å². The SMILES string of the molecule is COc1cc(CCCN2CCCCCC2)cc2c1OCCN2. The number of ether oxygens (including phenoxy) is 2. The molecule has 0 bridgehead atoms. The van der Waals surface area contributed by atoms with E-state index in [1.54, 1.807) is 7.11 Å². The molecule has 2 aliphatic rings. The molecule has 0 unspecified atom stereocenters. The third-order valence-corrected chi connectivity index (χ3v) is 4.64. The van der Waals surface area contributed by atoms with Gasteiger partial charge in [-0.15, -0.1) is 0 Å². The first-order chi connectivity index (χ1) is 10.9. The summed E-state index contributed by atoms with van der Waals surface area (Å²) in [7, 11) is 1.72. The van der Waals surface area contributed by atoms with Crippen molar-refractivity contribution < 1.29 is 9.47 Å². The molecular weight excluding hydrogens is 276 g/mol. The van der Waals surface area contributed by atoms with E-state index in [2.05, 4.69) is 22.3 Å². The molecule has 1 saturated heterocycles. The Labute approximate surface area is 133 Å². The number of hydrogen-bond acceptors (Lipinski definition) is 4. The molecule has 1 fully saturated rings. The van der Waals surface area contributed by atoms with Gasteiger partial charge in [0.15, 0.2) is 11.5 Å². The van der Waals surface area contributed by atoms with Crippen molar-refractivity contribution in [1.82, 2.24) is 4.90 Å². The van der Waals surface area contributed by atoms with Gasteiger partial charge in [0.05, 0.1) is 12.8 Å². The molecule has 0 aromatic heterocycles. The monoisotopic (exact) mass is 304 g/mol. The third-order valence-electron chi connectivity index (χ3n) is 4.64. The molecule has 1 aromatic rings. The summed E-state index contributed by atoms with van der Waals surface area (Å²) in [5, 5.41) is 3.41. The molecule has 4 heteroatoms. The number of nitrogens with zero attached hydrogens (tertiary/aromatic N) is 1. The number of likely N-dealkylation sites (tertiary alicyclic amines) is 1. The van der Waals surface area contributed by atoms with E-state index in [1.165, 1.54) is 57.3 Å². The molecule has 1 N–H and O–H groups in total. The van der Waals surface area contributed by atoms with Crippen molar-refractivity contribution in [3.63, 3.8) is 0 Å². The molecule has 22 heavy (non-hydrogen) atoms. The summed E-state index contributed by atoms with van der Waals surface area (Å²) in [5.74, 6) is 1.72. The number of benzene rings is 1. The van der Waals surface area contributed by atoms with Crippen LogP contribution in [0.2, 0.25) is 0 Å². The van der Waals surface area contributed by atoms with Gasteiger partial charge in [-0.25, -0.2) is 0 Å². The minimum atomic E-state index is 0.706. The van der Waals surface area contributed by atoms with Gasteiger partial charge in [0, 0.05) is 6.54 Å². The van der Waals surface area contributed by atoms with E-state index in [0.29, 0.717) is 6.61 Å². The number of nitrogens with one attached hydrogen (secondary N) is 1. The predicted molar refractivity (Wildman–Crippen MR) is 90.2 cm³/mol. The maximum absolute atomic E-state index is 5.72. The first-order valence-corrected chi connectivity index (χ1v) is 8.67. The van der Waals surface area contributed by atoms with Crippen LogP contribution in [-0.4, -0.2) is 44.8 Å². The first kappa shape index (κ1) is 15.5. The Morgan fingerprint density at radius 3 is 2.77 bits per heavy atom. The van der Waals surface area contributed by atoms with Crippen LogP contribution in [0.25, 0.3) is 0 Å². The molecule has 3 rings (SSSR count). The van der Waals surface area contributed by atoms with Gasteiger partial charge in [0.25, 0.3) is 0 Å². The quantitative estimate of drug-likeness (QED) is 0.905. The standard InChI is InChI=1S/C18H28N2O2/c1-21-17-14-15(13-16-18(17)22-12-8-19-16)7-6-11-20-9-4-2-3-5-10-20/h13-14,19H,2-12H2,1H3. The fourth-order valence-corrected chi connectivity index (χ4v) is 3.44. The number of hydrogen-bond donors (Lipinski definition) is 1. The van der Waals surface area contributed by atoms with Gasteiger partial charge in [-0.3, -0.25) is 0 Å². The average molecular weight is 304 g/mol. The predicted octanol–water partition coefficient (Wildman–Crippen LogP) is 3.31. The second-order valence-electron chi connectivity index (χ2n) is 6.31. The van der Waals surface area contributed by atoms with Gasteiger partial charge in [0.2, 0.25) is 0 Å². The fraction of sp³-hybridized carbons (Fsp3) is 0.667. The lowest BCUT2D eigenvalue weighted by atomic mass is 10.1. The van der Waals surface area contributed by atoms with Crippen LogP contribution in [0, 0.1) is 0 Å². The minimum absolute atomic E-state index is 0.706. The van der Waals surface area contributed by atoms with Gasteiger partial charge in [-0.1, -0.05) is 12.8 Å². The number of anilines is 1. The summed E-state index contributed by atoms with van der Waals surface area (Å²) in [4.78, 5) is 2.63. The normalized spacial score (nSPS) is 18.8. The highest BCUT2D eigenvalue weighted by molar-refractivity contribution is 5.66. The summed E-state index contributed by atoms with van der Waals surface area (Å²) in [5.41, 5.74) is 2.42. The molecule has 2 aliphatic heterocycles. The Morgan fingerprint density at radius 1 is 1.18 bits per heavy atom. The zero-order chi connectivity index (χ0) is 15.2. The molecule has 1 aromatic carbocycles. The highest BCUT2D eigenvalue weighted by Gasteiger charge is 2.16. The van der Waals surface area contributed by atoms with Crippen molar-refractivity contribution in [2.24, 2.45) is 0 Å². The zero-order valence-corrected chi connectivity index (χ0v) is 13.7. The third kappa shape index (κ3) is 3.86. The first-order valence-electron chi connectivity index (χ1n) is 8.67. The number of fused-ring (bicyclic) bond motifs is 1. The molecule has 0 radical (unpaired) electrons. The van der Waals surface area contributed by atoms with Crippen LogP contribution in [0.3, 0.4) is 0 Å². The van der Waals surface area contributed by atoms with E-state index < -0.39 is 0 Å². The Hall–Kier alpha value is -1.42. The van der Waals surface area contributed by atoms with Gasteiger partial charge >= 0.3 is 0 Å². The van der Waals surface area contributed by atoms with Gasteiger partial charge in [-0.2, -0.15) is 0 Å². The number of rotatable bonds is 5. The number of aryl methyl sites for hydroxylation is 1. The highest BCUT2D eigenvalue weighted by Crippen LogP contribution is 2.38. The van der Waals surface area contributed by atoms with Crippen molar-refractivity contribution in [2.75, 3.05) is 45.2 Å². The van der Waals surface area contributed by atoms with Crippen LogP contribution in [-0.2, 0) is 6.42 Å². The van der Waals surface area contributed by atoms with E-state index in [0.717, 1.165) is 30.2 Å². The smallest absolute Gasteiger partial charge is 0.184 e. The molecule has 122 valence electrons. The summed E-state index contributed by atoms with van der Waals surface area (Å²) < 4.78 is 11.2. The average Bonchev–Trinajstić information content (AvgIpc) is 2.83. The fourth-order valence-electron chi connectivity index (χ4n) is 3.44. The van der Waals surface area contributed by atoms with Crippen molar-refractivity contribution in [2.45, 2.75) is 38.5 Å². The van der Waals surface area contributed by atoms with Crippen LogP contribution in [0.5, 0.6) is 11.5 Å². The Bertz CT molecular complexity index is 465. The molecule has 0 amide bonds. The van der Waals surface area contributed by atoms with Crippen LogP contribution in [0.1, 0.15) is 37.7 Å². The van der Waals surface area contributed by atoms with Gasteiger partial charge in [-0.05, 0) is 63.0 Å². The van der Waals surface area contributed by atoms with Crippen molar-refractivity contribution in [3.8, 4) is 11.5 Å². The maximum Gasteiger partial charge on any atom is 0.184 e. The lowest BCUT2D eigenvalue weighted by molar-refractivity contribution is 0.281. The molecule has 0 atom stereocenters. The molecule has 0 spiro atoms. The van der Waals surface area contributed by atoms with Crippen molar-refractivity contribution in [1.29, 1.82) is 0 Å². The highest BCUT2D eigenvalue weighted by atomic mass is 16.5. The summed E-state index contributed by atoms with van der Waals surface area (Å²) in [6.45, 7) is 5.35. The van der Waals surface area contributed by atoms with Crippen LogP contribution < -0.4 is 14.8 Å². The van der Waals surface area contributed by atoms with Crippen LogP contribution in [0.4, 0.5) is 5.69 Å². The summed E-state index contributed by atoms with van der Waals surface area (Å²) in [6, 6.07) is 4.35. The van der Waals surface area contributed by atoms with E-state index >= 15 is 0 Å². The Morgan fingerprint density at radius 2 is 2.00 bits per heavy atom. The van der Waals surface area contributed by atoms with Gasteiger partial charge in [0.1, 0.15) is 6.61 Å². The molecular formula is C18H28N2O2. The van der Waals surface area contributed by atoms with Crippen LogP contribution >= 0.6 is 0 Å². The van der Waals surface area contributed by atoms with E-state index in [-0.39, 0.29) is 0 Å². The summed E-state index contributed by atoms with van der Waals surface area (Å²) >= 11 is 0. The number of methoxy groups -OCH3 is 1. The second kappa shape index (κ2) is 7.73. The molecule has 4 nitrogen and oxygen atoms in total. The maximum atomic E-state index is 5.72. The second-order valence-corrected chi connectivity index (χ2v) is 6.31. The molecule has 0 aliphatic carbocycles. The minimum Gasteiger partial charge on any atom is -0.493 e. The van der Waals surface area contributed by atoms with Crippen molar-refractivity contribution >= 4 is 5.69 Å². The lowest BCUT2D eigenvalue weighted by Gasteiger charge is -2.23. The Kier molecular flexibility index (Phi) is 5.43. The molecule has 0 saturated carbocycles. The van der Waals surface area contributed by atoms with Crippen molar-refractivity contribution in [3.05, 3.63) is 17.7 Å². The van der Waals surface area contributed by atoms with E-state index in [1.807, 2.05) is 0 Å². The largest absolute Gasteiger partial charge is 0.493 e. The van der Waals surface area contributed by atoms with E-state index in [4.69, 9.17) is 9.47 Å². The summed E-state index contributed by atoms with van der Waals surface area (Å²) in [6.07, 6.45) is 7.86. The topological polar surface area (TPSA) is 33.7 Å². The van der Waals surface area contributed by atoms with E-state index in [9.17, 15) is 0 Å². The zero-order valence-electron chi connectivity index (χ0n) is 13.7. The van der Waals surface area contributed by atoms with Crippen LogP contribution in [0.15, 0.2) is 12.1 Å². The molecule has 2 heterocycles.